The Bertz CT molecular complexity index is 159. The smallest absolute Gasteiger partial charge is 0.0678 e. The summed E-state index contributed by atoms with van der Waals surface area (Å²) in [5, 5.41) is 0. The first kappa shape index (κ1) is 13.9. The number of nitrogens with zero attached hydrogens (tertiary/aromatic N) is 2. The normalized spacial score (nSPS) is 33.0. The lowest BCUT2D eigenvalue weighted by molar-refractivity contribution is -0.0602. The molecule has 2 saturated heterocycles. The molecule has 2 unspecified atom stereocenters. The van der Waals surface area contributed by atoms with Gasteiger partial charge in [-0.3, -0.25) is 0 Å². The van der Waals surface area contributed by atoms with Crippen molar-refractivity contribution in [2.75, 3.05) is 53.5 Å². The summed E-state index contributed by atoms with van der Waals surface area (Å²) in [5.41, 5.74) is 0. The summed E-state index contributed by atoms with van der Waals surface area (Å²) in [6, 6.07) is 0. The number of ether oxygens (including phenoxy) is 2. The molecule has 0 spiro atoms. The molecule has 0 aromatic carbocycles. The zero-order valence-corrected chi connectivity index (χ0v) is 11.1. The fourth-order valence-corrected chi connectivity index (χ4v) is 2.09. The van der Waals surface area contributed by atoms with Gasteiger partial charge < -0.3 is 19.3 Å². The molecule has 2 rings (SSSR count). The van der Waals surface area contributed by atoms with Crippen LogP contribution < -0.4 is 0 Å². The minimum absolute atomic E-state index is 0.416. The van der Waals surface area contributed by atoms with Crippen LogP contribution in [0.2, 0.25) is 0 Å². The molecule has 96 valence electrons. The van der Waals surface area contributed by atoms with Crippen molar-refractivity contribution < 1.29 is 9.47 Å². The Kier molecular flexibility index (Phi) is 6.28. The second-order valence-corrected chi connectivity index (χ2v) is 4.89. The fraction of sp³-hybridized carbons (Fsp3) is 1.00. The van der Waals surface area contributed by atoms with Crippen molar-refractivity contribution in [1.82, 2.24) is 9.80 Å². The van der Waals surface area contributed by atoms with Gasteiger partial charge in [-0.2, -0.15) is 0 Å². The Morgan fingerprint density at radius 1 is 0.875 bits per heavy atom. The predicted molar refractivity (Wildman–Crippen MR) is 65.8 cm³/mol. The van der Waals surface area contributed by atoms with Crippen molar-refractivity contribution in [3.8, 4) is 0 Å². The van der Waals surface area contributed by atoms with E-state index in [4.69, 9.17) is 9.47 Å². The predicted octanol–water partition coefficient (Wildman–Crippen LogP) is 0.674. The number of rotatable bonds is 0. The molecule has 2 heterocycles. The van der Waals surface area contributed by atoms with Crippen LogP contribution in [0, 0.1) is 0 Å². The quantitative estimate of drug-likeness (QED) is 0.611. The van der Waals surface area contributed by atoms with Crippen LogP contribution in [0.3, 0.4) is 0 Å². The third kappa shape index (κ3) is 5.80. The second-order valence-electron chi connectivity index (χ2n) is 4.89. The summed E-state index contributed by atoms with van der Waals surface area (Å²) < 4.78 is 10.6. The van der Waals surface area contributed by atoms with E-state index in [9.17, 15) is 0 Å². The molecule has 4 nitrogen and oxygen atoms in total. The maximum atomic E-state index is 5.51. The van der Waals surface area contributed by atoms with E-state index in [0.717, 1.165) is 39.4 Å². The molecule has 2 fully saturated rings. The Labute approximate surface area is 99.5 Å². The first-order valence-corrected chi connectivity index (χ1v) is 6.18. The van der Waals surface area contributed by atoms with Gasteiger partial charge in [-0.1, -0.05) is 0 Å². The monoisotopic (exact) mass is 230 g/mol. The van der Waals surface area contributed by atoms with Gasteiger partial charge in [0.1, 0.15) is 0 Å². The Morgan fingerprint density at radius 3 is 1.69 bits per heavy atom. The summed E-state index contributed by atoms with van der Waals surface area (Å²) in [4.78, 5) is 4.57. The number of likely N-dealkylation sites (N-methyl/N-ethyl adjacent to an activating group) is 2. The zero-order chi connectivity index (χ0) is 12.0. The van der Waals surface area contributed by atoms with Crippen molar-refractivity contribution in [3.63, 3.8) is 0 Å². The molecule has 0 saturated carbocycles. The van der Waals surface area contributed by atoms with Crippen molar-refractivity contribution in [3.05, 3.63) is 0 Å². The lowest BCUT2D eigenvalue weighted by atomic mass is 10.2. The molecule has 4 heteroatoms. The Morgan fingerprint density at radius 2 is 1.38 bits per heavy atom. The van der Waals surface area contributed by atoms with Gasteiger partial charge >= 0.3 is 0 Å². The molecule has 0 amide bonds. The number of hydrogen-bond acceptors (Lipinski definition) is 4. The van der Waals surface area contributed by atoms with E-state index in [2.05, 4.69) is 37.7 Å². The molecule has 16 heavy (non-hydrogen) atoms. The summed E-state index contributed by atoms with van der Waals surface area (Å²) in [5.74, 6) is 0. The van der Waals surface area contributed by atoms with Gasteiger partial charge in [0, 0.05) is 26.2 Å². The van der Waals surface area contributed by atoms with E-state index in [0.29, 0.717) is 12.2 Å². The molecule has 0 N–H and O–H groups in total. The molecular formula is C12H26N2O2. The van der Waals surface area contributed by atoms with E-state index in [1.54, 1.807) is 0 Å². The Hall–Kier alpha value is -0.160. The maximum absolute atomic E-state index is 5.51. The standard InChI is InChI=1S/C7H15NO.C5H11NO/c1-6-4-8(3)5-7(2)9-6;1-6-2-4-7-5-3-6/h6-7H,4-5H2,1-3H3;2-5H2,1H3. The van der Waals surface area contributed by atoms with E-state index < -0.39 is 0 Å². The Balaban J connectivity index is 0.000000165. The second kappa shape index (κ2) is 7.22. The van der Waals surface area contributed by atoms with Crippen LogP contribution in [0.5, 0.6) is 0 Å². The number of morpholine rings is 2. The van der Waals surface area contributed by atoms with Gasteiger partial charge in [0.15, 0.2) is 0 Å². The van der Waals surface area contributed by atoms with E-state index in [-0.39, 0.29) is 0 Å². The SMILES string of the molecule is CC1CN(C)CC(C)O1.CN1CCOCC1. The summed E-state index contributed by atoms with van der Waals surface area (Å²) in [6.45, 7) is 10.4. The molecule has 0 aliphatic carbocycles. The first-order chi connectivity index (χ1) is 7.58. The van der Waals surface area contributed by atoms with Crippen molar-refractivity contribution in [2.24, 2.45) is 0 Å². The molecule has 0 aromatic rings. The molecular weight excluding hydrogens is 204 g/mol. The third-order valence-electron chi connectivity index (χ3n) is 2.84. The van der Waals surface area contributed by atoms with E-state index in [1.807, 2.05) is 0 Å². The lowest BCUT2D eigenvalue weighted by Crippen LogP contribution is -2.42. The first-order valence-electron chi connectivity index (χ1n) is 6.18. The number of hydrogen-bond donors (Lipinski definition) is 0. The van der Waals surface area contributed by atoms with Crippen LogP contribution in [-0.4, -0.2) is 75.5 Å². The van der Waals surface area contributed by atoms with Crippen LogP contribution in [0.25, 0.3) is 0 Å². The molecule has 0 radical (unpaired) electrons. The summed E-state index contributed by atoms with van der Waals surface area (Å²) in [7, 11) is 4.25. The van der Waals surface area contributed by atoms with Crippen LogP contribution in [0.1, 0.15) is 13.8 Å². The highest BCUT2D eigenvalue weighted by molar-refractivity contribution is 4.69. The molecule has 0 bridgehead atoms. The van der Waals surface area contributed by atoms with Gasteiger partial charge in [-0.05, 0) is 27.9 Å². The minimum Gasteiger partial charge on any atom is -0.379 e. The van der Waals surface area contributed by atoms with Gasteiger partial charge in [0.25, 0.3) is 0 Å². The van der Waals surface area contributed by atoms with Crippen LogP contribution in [0.15, 0.2) is 0 Å². The fourth-order valence-electron chi connectivity index (χ4n) is 2.09. The molecule has 2 aliphatic heterocycles. The molecule has 0 aromatic heterocycles. The summed E-state index contributed by atoms with van der Waals surface area (Å²) in [6.07, 6.45) is 0.831. The highest BCUT2D eigenvalue weighted by Crippen LogP contribution is 2.07. The topological polar surface area (TPSA) is 24.9 Å². The van der Waals surface area contributed by atoms with Gasteiger partial charge in [0.2, 0.25) is 0 Å². The average Bonchev–Trinajstić information content (AvgIpc) is 2.17. The van der Waals surface area contributed by atoms with E-state index >= 15 is 0 Å². The average molecular weight is 230 g/mol. The highest BCUT2D eigenvalue weighted by atomic mass is 16.5. The largest absolute Gasteiger partial charge is 0.379 e. The minimum atomic E-state index is 0.416. The van der Waals surface area contributed by atoms with E-state index in [1.165, 1.54) is 0 Å². The van der Waals surface area contributed by atoms with Crippen molar-refractivity contribution in [1.29, 1.82) is 0 Å². The zero-order valence-electron chi connectivity index (χ0n) is 11.1. The van der Waals surface area contributed by atoms with Crippen LogP contribution in [0.4, 0.5) is 0 Å². The van der Waals surface area contributed by atoms with Gasteiger partial charge in [0.05, 0.1) is 25.4 Å². The lowest BCUT2D eigenvalue weighted by Gasteiger charge is -2.32. The highest BCUT2D eigenvalue weighted by Gasteiger charge is 2.18. The van der Waals surface area contributed by atoms with Crippen LogP contribution >= 0.6 is 0 Å². The molecule has 2 atom stereocenters. The van der Waals surface area contributed by atoms with Gasteiger partial charge in [-0.25, -0.2) is 0 Å². The van der Waals surface area contributed by atoms with Crippen LogP contribution in [-0.2, 0) is 9.47 Å². The summed E-state index contributed by atoms with van der Waals surface area (Å²) >= 11 is 0. The van der Waals surface area contributed by atoms with Gasteiger partial charge in [-0.15, -0.1) is 0 Å². The van der Waals surface area contributed by atoms with Crippen molar-refractivity contribution >= 4 is 0 Å². The third-order valence-corrected chi connectivity index (χ3v) is 2.84. The molecule has 2 aliphatic rings. The van der Waals surface area contributed by atoms with Crippen molar-refractivity contribution in [2.45, 2.75) is 26.1 Å². The maximum Gasteiger partial charge on any atom is 0.0678 e.